The van der Waals surface area contributed by atoms with Crippen molar-refractivity contribution in [3.8, 4) is 0 Å². The number of carbonyl (C=O) groups excluding carboxylic acids is 1. The van der Waals surface area contributed by atoms with Crippen LogP contribution in [-0.2, 0) is 4.79 Å². The molecule has 1 amide bonds. The third-order valence-electron chi connectivity index (χ3n) is 2.98. The van der Waals surface area contributed by atoms with Gasteiger partial charge in [-0.1, -0.05) is 53.8 Å². The maximum Gasteiger partial charge on any atom is 0.244 e. The smallest absolute Gasteiger partial charge is 0.244 e. The van der Waals surface area contributed by atoms with Gasteiger partial charge < -0.3 is 11.1 Å². The number of hydrogen-bond acceptors (Lipinski definition) is 4. The molecule has 3 rings (SSSR count). The van der Waals surface area contributed by atoms with Gasteiger partial charge in [0.1, 0.15) is 6.04 Å². The number of rotatable bonds is 4. The van der Waals surface area contributed by atoms with Gasteiger partial charge in [-0.2, -0.15) is 0 Å². The molecular formula is C15H13N3OS. The van der Waals surface area contributed by atoms with Gasteiger partial charge in [0.25, 0.3) is 0 Å². The minimum atomic E-state index is -0.572. The lowest BCUT2D eigenvalue weighted by atomic mass is 10.1. The lowest BCUT2D eigenvalue weighted by Crippen LogP contribution is -2.27. The van der Waals surface area contributed by atoms with Crippen molar-refractivity contribution in [1.82, 2.24) is 4.98 Å². The monoisotopic (exact) mass is 283 g/mol. The average Bonchev–Trinajstić information content (AvgIpc) is 2.88. The number of nitrogens with one attached hydrogen (secondary N) is 1. The molecule has 0 saturated heterocycles. The van der Waals surface area contributed by atoms with E-state index in [0.29, 0.717) is 5.13 Å². The highest BCUT2D eigenvalue weighted by atomic mass is 32.1. The molecule has 0 unspecified atom stereocenters. The fourth-order valence-corrected chi connectivity index (χ4v) is 2.92. The van der Waals surface area contributed by atoms with E-state index in [1.54, 1.807) is 0 Å². The first-order valence-electron chi connectivity index (χ1n) is 6.20. The number of amides is 1. The minimum absolute atomic E-state index is 0.421. The standard InChI is InChI=1S/C15H13N3OS/c16-14(19)13(10-6-2-1-3-7-10)18-15-17-11-8-4-5-9-12(11)20-15/h1-9,13H,(H2,16,19)(H,17,18)/t13-/m0/s1. The summed E-state index contributed by atoms with van der Waals surface area (Å²) in [6, 6.07) is 16.7. The van der Waals surface area contributed by atoms with Crippen molar-refractivity contribution in [3.05, 3.63) is 60.2 Å². The highest BCUT2D eigenvalue weighted by molar-refractivity contribution is 7.22. The Morgan fingerprint density at radius 2 is 1.80 bits per heavy atom. The number of nitrogens with two attached hydrogens (primary N) is 1. The lowest BCUT2D eigenvalue weighted by molar-refractivity contribution is -0.118. The fraction of sp³-hybridized carbons (Fsp3) is 0.0667. The van der Waals surface area contributed by atoms with Crippen molar-refractivity contribution in [1.29, 1.82) is 0 Å². The zero-order chi connectivity index (χ0) is 13.9. The Morgan fingerprint density at radius 3 is 2.50 bits per heavy atom. The number of thiazole rings is 1. The van der Waals surface area contributed by atoms with Crippen LogP contribution in [0.4, 0.5) is 5.13 Å². The number of benzene rings is 2. The number of fused-ring (bicyclic) bond motifs is 1. The summed E-state index contributed by atoms with van der Waals surface area (Å²) in [5.41, 5.74) is 7.23. The Kier molecular flexibility index (Phi) is 3.35. The molecular weight excluding hydrogens is 270 g/mol. The van der Waals surface area contributed by atoms with E-state index in [1.165, 1.54) is 11.3 Å². The van der Waals surface area contributed by atoms with Crippen LogP contribution in [0.1, 0.15) is 11.6 Å². The molecule has 5 heteroatoms. The Bertz CT molecular complexity index is 706. The van der Waals surface area contributed by atoms with Crippen LogP contribution in [0.5, 0.6) is 0 Å². The highest BCUT2D eigenvalue weighted by Crippen LogP contribution is 2.28. The van der Waals surface area contributed by atoms with E-state index in [9.17, 15) is 4.79 Å². The quantitative estimate of drug-likeness (QED) is 0.773. The zero-order valence-electron chi connectivity index (χ0n) is 10.6. The SMILES string of the molecule is NC(=O)[C@@H](Nc1nc2ccccc2s1)c1ccccc1. The van der Waals surface area contributed by atoms with Crippen molar-refractivity contribution in [3.63, 3.8) is 0 Å². The van der Waals surface area contributed by atoms with E-state index in [-0.39, 0.29) is 0 Å². The third-order valence-corrected chi connectivity index (χ3v) is 3.95. The number of primary amides is 1. The first-order chi connectivity index (χ1) is 9.74. The molecule has 0 fully saturated rings. The molecule has 0 aliphatic rings. The second kappa shape index (κ2) is 5.30. The molecule has 0 aliphatic heterocycles. The summed E-state index contributed by atoms with van der Waals surface area (Å²) in [6.07, 6.45) is 0. The largest absolute Gasteiger partial charge is 0.368 e. The summed E-state index contributed by atoms with van der Waals surface area (Å²) in [7, 11) is 0. The second-order valence-electron chi connectivity index (χ2n) is 4.38. The van der Waals surface area contributed by atoms with Gasteiger partial charge >= 0.3 is 0 Å². The van der Waals surface area contributed by atoms with Crippen molar-refractivity contribution >= 4 is 32.6 Å². The molecule has 3 aromatic rings. The predicted molar refractivity (Wildman–Crippen MR) is 81.6 cm³/mol. The third kappa shape index (κ3) is 2.48. The number of aromatic nitrogens is 1. The van der Waals surface area contributed by atoms with Crippen LogP contribution in [0.3, 0.4) is 0 Å². The lowest BCUT2D eigenvalue weighted by Gasteiger charge is -2.14. The number of hydrogen-bond donors (Lipinski definition) is 2. The first kappa shape index (κ1) is 12.6. The molecule has 1 heterocycles. The van der Waals surface area contributed by atoms with E-state index < -0.39 is 11.9 Å². The predicted octanol–water partition coefficient (Wildman–Crippen LogP) is 2.93. The summed E-state index contributed by atoms with van der Waals surface area (Å²) in [4.78, 5) is 16.1. The Balaban J connectivity index is 1.92. The number of para-hydroxylation sites is 1. The highest BCUT2D eigenvalue weighted by Gasteiger charge is 2.18. The summed E-state index contributed by atoms with van der Waals surface area (Å²) < 4.78 is 1.08. The normalized spacial score (nSPS) is 12.2. The van der Waals surface area contributed by atoms with Crippen LogP contribution in [0.2, 0.25) is 0 Å². The molecule has 3 N–H and O–H groups in total. The number of anilines is 1. The van der Waals surface area contributed by atoms with Crippen LogP contribution in [0, 0.1) is 0 Å². The maximum absolute atomic E-state index is 11.7. The summed E-state index contributed by atoms with van der Waals surface area (Å²) >= 11 is 1.51. The molecule has 1 atom stereocenters. The van der Waals surface area contributed by atoms with E-state index in [0.717, 1.165) is 15.8 Å². The van der Waals surface area contributed by atoms with Gasteiger partial charge in [0.15, 0.2) is 5.13 Å². The number of nitrogens with zero attached hydrogens (tertiary/aromatic N) is 1. The van der Waals surface area contributed by atoms with Gasteiger partial charge in [0, 0.05) is 0 Å². The van der Waals surface area contributed by atoms with E-state index in [4.69, 9.17) is 5.73 Å². The van der Waals surface area contributed by atoms with Gasteiger partial charge in [-0.05, 0) is 17.7 Å². The zero-order valence-corrected chi connectivity index (χ0v) is 11.4. The van der Waals surface area contributed by atoms with Crippen molar-refractivity contribution in [2.24, 2.45) is 5.73 Å². The average molecular weight is 283 g/mol. The van der Waals surface area contributed by atoms with Crippen molar-refractivity contribution in [2.75, 3.05) is 5.32 Å². The maximum atomic E-state index is 11.7. The van der Waals surface area contributed by atoms with Crippen molar-refractivity contribution < 1.29 is 4.79 Å². The second-order valence-corrected chi connectivity index (χ2v) is 5.41. The molecule has 1 aromatic heterocycles. The Labute approximate surface area is 120 Å². The fourth-order valence-electron chi connectivity index (χ4n) is 2.02. The minimum Gasteiger partial charge on any atom is -0.368 e. The topological polar surface area (TPSA) is 68.0 Å². The Morgan fingerprint density at radius 1 is 1.10 bits per heavy atom. The molecule has 100 valence electrons. The van der Waals surface area contributed by atoms with E-state index >= 15 is 0 Å². The number of carbonyl (C=O) groups is 1. The van der Waals surface area contributed by atoms with Crippen LogP contribution in [0.15, 0.2) is 54.6 Å². The van der Waals surface area contributed by atoms with Gasteiger partial charge in [0.2, 0.25) is 5.91 Å². The van der Waals surface area contributed by atoms with Crippen LogP contribution < -0.4 is 11.1 Å². The Hall–Kier alpha value is -2.40. The van der Waals surface area contributed by atoms with E-state index in [2.05, 4.69) is 10.3 Å². The van der Waals surface area contributed by atoms with Gasteiger partial charge in [-0.25, -0.2) is 4.98 Å². The molecule has 0 aliphatic carbocycles. The van der Waals surface area contributed by atoms with Gasteiger partial charge in [0.05, 0.1) is 10.2 Å². The van der Waals surface area contributed by atoms with Crippen molar-refractivity contribution in [2.45, 2.75) is 6.04 Å². The summed E-state index contributed by atoms with van der Waals surface area (Å²) in [5.74, 6) is -0.421. The molecule has 0 spiro atoms. The van der Waals surface area contributed by atoms with Crippen LogP contribution in [0.25, 0.3) is 10.2 Å². The summed E-state index contributed by atoms with van der Waals surface area (Å²) in [6.45, 7) is 0. The molecule has 0 radical (unpaired) electrons. The van der Waals surface area contributed by atoms with Crippen LogP contribution in [-0.4, -0.2) is 10.9 Å². The first-order valence-corrected chi connectivity index (χ1v) is 7.02. The van der Waals surface area contributed by atoms with Crippen LogP contribution >= 0.6 is 11.3 Å². The molecule has 20 heavy (non-hydrogen) atoms. The molecule has 0 bridgehead atoms. The molecule has 0 saturated carbocycles. The molecule has 4 nitrogen and oxygen atoms in total. The summed E-state index contributed by atoms with van der Waals surface area (Å²) in [5, 5.41) is 3.81. The molecule has 2 aromatic carbocycles. The van der Waals surface area contributed by atoms with Gasteiger partial charge in [-0.15, -0.1) is 0 Å². The van der Waals surface area contributed by atoms with Gasteiger partial charge in [-0.3, -0.25) is 4.79 Å². The van der Waals surface area contributed by atoms with E-state index in [1.807, 2.05) is 54.6 Å².